The number of hydrogen-bond acceptors (Lipinski definition) is 4. The van der Waals surface area contributed by atoms with Crippen LogP contribution in [-0.4, -0.2) is 6.54 Å². The molecule has 0 unspecified atom stereocenters. The van der Waals surface area contributed by atoms with Gasteiger partial charge in [0.1, 0.15) is 17.7 Å². The van der Waals surface area contributed by atoms with Crippen molar-refractivity contribution in [3.05, 3.63) is 53.6 Å². The fourth-order valence-corrected chi connectivity index (χ4v) is 4.28. The Morgan fingerprint density at radius 3 is 2.54 bits per heavy atom. The summed E-state index contributed by atoms with van der Waals surface area (Å²) in [5.74, 6) is 0. The Bertz CT molecular complexity index is 886. The minimum Gasteiger partial charge on any atom is -0.340 e. The number of rotatable bonds is 6. The molecule has 26 heavy (non-hydrogen) atoms. The van der Waals surface area contributed by atoms with Crippen molar-refractivity contribution < 1.29 is 0 Å². The second-order valence-electron chi connectivity index (χ2n) is 6.29. The third kappa shape index (κ3) is 3.93. The lowest BCUT2D eigenvalue weighted by molar-refractivity contribution is 0.665. The van der Waals surface area contributed by atoms with E-state index in [0.29, 0.717) is 0 Å². The molecule has 1 aliphatic rings. The molecule has 1 aliphatic heterocycles. The molecule has 130 valence electrons. The quantitative estimate of drug-likeness (QED) is 0.448. The average molecular weight is 359 g/mol. The first-order valence-electron chi connectivity index (χ1n) is 8.97. The topological polar surface area (TPSA) is 50.8 Å². The summed E-state index contributed by atoms with van der Waals surface area (Å²) in [6, 6.07) is 18.5. The van der Waals surface area contributed by atoms with Crippen LogP contribution in [0.25, 0.3) is 6.08 Å². The Labute approximate surface area is 159 Å². The van der Waals surface area contributed by atoms with Gasteiger partial charge in [-0.3, -0.25) is 0 Å². The minimum atomic E-state index is 0.127. The standard InChI is InChI=1S/C22H21N3S/c1-2-3-4-7-12-25-19-8-5-6-9-21(19)26-22-14-17(10-11-20(22)25)13-18(15-23)16-24/h5-6,8-11,13-14H,2-4,7,12H2,1H3. The number of anilines is 2. The van der Waals surface area contributed by atoms with E-state index in [1.165, 1.54) is 46.8 Å². The Hall–Kier alpha value is -2.69. The molecular formula is C22H21N3S. The number of allylic oxidation sites excluding steroid dienone is 1. The highest BCUT2D eigenvalue weighted by Gasteiger charge is 2.22. The minimum absolute atomic E-state index is 0.127. The molecule has 3 rings (SSSR count). The van der Waals surface area contributed by atoms with Crippen LogP contribution in [0.3, 0.4) is 0 Å². The Balaban J connectivity index is 1.94. The van der Waals surface area contributed by atoms with Gasteiger partial charge in [-0.1, -0.05) is 56.1 Å². The third-order valence-corrected chi connectivity index (χ3v) is 5.55. The van der Waals surface area contributed by atoms with Gasteiger partial charge in [0.15, 0.2) is 0 Å². The van der Waals surface area contributed by atoms with E-state index in [9.17, 15) is 0 Å². The van der Waals surface area contributed by atoms with Crippen LogP contribution in [0.4, 0.5) is 11.4 Å². The van der Waals surface area contributed by atoms with Crippen LogP contribution in [0.5, 0.6) is 0 Å². The molecule has 3 nitrogen and oxygen atoms in total. The second kappa shape index (κ2) is 8.61. The molecule has 2 aromatic carbocycles. The van der Waals surface area contributed by atoms with Gasteiger partial charge in [-0.15, -0.1) is 0 Å². The van der Waals surface area contributed by atoms with Crippen LogP contribution in [0, 0.1) is 22.7 Å². The number of nitriles is 2. The highest BCUT2D eigenvalue weighted by molar-refractivity contribution is 7.99. The van der Waals surface area contributed by atoms with Gasteiger partial charge in [0.05, 0.1) is 11.4 Å². The summed E-state index contributed by atoms with van der Waals surface area (Å²) >= 11 is 1.75. The van der Waals surface area contributed by atoms with Gasteiger partial charge in [0, 0.05) is 16.3 Å². The second-order valence-corrected chi connectivity index (χ2v) is 7.37. The van der Waals surface area contributed by atoms with E-state index < -0.39 is 0 Å². The van der Waals surface area contributed by atoms with E-state index in [1.54, 1.807) is 17.8 Å². The molecule has 0 spiro atoms. The maximum absolute atomic E-state index is 8.98. The van der Waals surface area contributed by atoms with Crippen molar-refractivity contribution in [2.45, 2.75) is 42.4 Å². The van der Waals surface area contributed by atoms with Gasteiger partial charge in [0.2, 0.25) is 0 Å². The molecule has 2 aromatic rings. The van der Waals surface area contributed by atoms with Gasteiger partial charge in [-0.05, 0) is 42.3 Å². The van der Waals surface area contributed by atoms with Crippen molar-refractivity contribution in [2.24, 2.45) is 0 Å². The Morgan fingerprint density at radius 2 is 1.77 bits per heavy atom. The first-order chi connectivity index (χ1) is 12.8. The molecule has 0 N–H and O–H groups in total. The normalized spacial score (nSPS) is 11.7. The molecule has 0 aliphatic carbocycles. The van der Waals surface area contributed by atoms with E-state index in [4.69, 9.17) is 10.5 Å². The summed E-state index contributed by atoms with van der Waals surface area (Å²) in [4.78, 5) is 4.82. The van der Waals surface area contributed by atoms with Gasteiger partial charge in [0.25, 0.3) is 0 Å². The number of nitrogens with zero attached hydrogens (tertiary/aromatic N) is 3. The zero-order valence-corrected chi connectivity index (χ0v) is 15.7. The highest BCUT2D eigenvalue weighted by atomic mass is 32.2. The lowest BCUT2D eigenvalue weighted by Crippen LogP contribution is -2.22. The molecule has 0 fully saturated rings. The van der Waals surface area contributed by atoms with Crippen molar-refractivity contribution in [2.75, 3.05) is 11.4 Å². The number of hydrogen-bond donors (Lipinski definition) is 0. The van der Waals surface area contributed by atoms with Crippen molar-refractivity contribution in [1.29, 1.82) is 10.5 Å². The molecule has 1 heterocycles. The van der Waals surface area contributed by atoms with Gasteiger partial charge in [-0.25, -0.2) is 0 Å². The van der Waals surface area contributed by atoms with Crippen LogP contribution in [0.2, 0.25) is 0 Å². The molecule has 4 heteroatoms. The summed E-state index contributed by atoms with van der Waals surface area (Å²) in [5.41, 5.74) is 3.49. The van der Waals surface area contributed by atoms with Crippen molar-refractivity contribution in [3.8, 4) is 12.1 Å². The Kier molecular flexibility index (Phi) is 6.00. The molecular weight excluding hydrogens is 338 g/mol. The van der Waals surface area contributed by atoms with Gasteiger partial charge < -0.3 is 4.90 Å². The van der Waals surface area contributed by atoms with Crippen LogP contribution < -0.4 is 4.90 Å². The average Bonchev–Trinajstić information content (AvgIpc) is 2.68. The van der Waals surface area contributed by atoms with Crippen LogP contribution in [0.15, 0.2) is 57.8 Å². The number of benzene rings is 2. The van der Waals surface area contributed by atoms with Crippen LogP contribution >= 0.6 is 11.8 Å². The number of fused-ring (bicyclic) bond motifs is 2. The molecule has 0 atom stereocenters. The molecule has 0 saturated heterocycles. The first-order valence-corrected chi connectivity index (χ1v) is 9.79. The summed E-state index contributed by atoms with van der Waals surface area (Å²) in [7, 11) is 0. The maximum atomic E-state index is 8.98. The molecule has 0 aromatic heterocycles. The molecule has 0 saturated carbocycles. The van der Waals surface area contributed by atoms with E-state index >= 15 is 0 Å². The summed E-state index contributed by atoms with van der Waals surface area (Å²) in [5, 5.41) is 18.0. The zero-order chi connectivity index (χ0) is 18.4. The number of unbranched alkanes of at least 4 members (excludes halogenated alkanes) is 3. The highest BCUT2D eigenvalue weighted by Crippen LogP contribution is 2.48. The van der Waals surface area contributed by atoms with E-state index in [1.807, 2.05) is 18.2 Å². The smallest absolute Gasteiger partial charge is 0.130 e. The summed E-state index contributed by atoms with van der Waals surface area (Å²) in [6.45, 7) is 3.23. The monoisotopic (exact) mass is 359 g/mol. The van der Waals surface area contributed by atoms with Gasteiger partial charge >= 0.3 is 0 Å². The zero-order valence-electron chi connectivity index (χ0n) is 14.9. The lowest BCUT2D eigenvalue weighted by Gasteiger charge is -2.33. The van der Waals surface area contributed by atoms with Gasteiger partial charge in [-0.2, -0.15) is 10.5 Å². The first kappa shape index (κ1) is 18.1. The lowest BCUT2D eigenvalue weighted by atomic mass is 10.1. The SMILES string of the molecule is CCCCCCN1c2ccccc2Sc2cc(C=C(C#N)C#N)ccc21. The van der Waals surface area contributed by atoms with Crippen LogP contribution in [-0.2, 0) is 0 Å². The van der Waals surface area contributed by atoms with Crippen molar-refractivity contribution >= 4 is 29.2 Å². The van der Waals surface area contributed by atoms with Crippen molar-refractivity contribution in [1.82, 2.24) is 0 Å². The molecule has 0 amide bonds. The third-order valence-electron chi connectivity index (χ3n) is 4.44. The van der Waals surface area contributed by atoms with E-state index in [0.717, 1.165) is 12.1 Å². The fraction of sp³-hybridized carbons (Fsp3) is 0.273. The Morgan fingerprint density at radius 1 is 1.00 bits per heavy atom. The molecule has 0 bridgehead atoms. The maximum Gasteiger partial charge on any atom is 0.130 e. The van der Waals surface area contributed by atoms with Crippen molar-refractivity contribution in [3.63, 3.8) is 0 Å². The number of para-hydroxylation sites is 1. The van der Waals surface area contributed by atoms with Crippen LogP contribution in [0.1, 0.15) is 38.2 Å². The predicted octanol–water partition coefficient (Wildman–Crippen LogP) is 6.30. The summed E-state index contributed by atoms with van der Waals surface area (Å²) < 4.78 is 0. The predicted molar refractivity (Wildman–Crippen MR) is 107 cm³/mol. The fourth-order valence-electron chi connectivity index (χ4n) is 3.13. The van der Waals surface area contributed by atoms with E-state index in [2.05, 4.69) is 48.2 Å². The largest absolute Gasteiger partial charge is 0.340 e. The summed E-state index contributed by atoms with van der Waals surface area (Å²) in [6.07, 6.45) is 6.56. The van der Waals surface area contributed by atoms with E-state index in [-0.39, 0.29) is 5.57 Å². The molecule has 0 radical (unpaired) electrons.